The first-order valence-electron chi connectivity index (χ1n) is 5.24. The van der Waals surface area contributed by atoms with E-state index in [9.17, 15) is 4.39 Å². The number of unbranched alkanes of at least 4 members (excludes halogenated alkanes) is 1. The number of hydrogen-bond donors (Lipinski definition) is 0. The van der Waals surface area contributed by atoms with E-state index in [1.165, 1.54) is 12.8 Å². The van der Waals surface area contributed by atoms with Gasteiger partial charge in [-0.15, -0.1) is 0 Å². The molecular weight excluding hydrogens is 175 g/mol. The minimum Gasteiger partial charge on any atom is -0.206 e. The lowest BCUT2D eigenvalue weighted by atomic mass is 9.80. The van der Waals surface area contributed by atoms with E-state index in [-0.39, 0.29) is 11.2 Å². The topological polar surface area (TPSA) is 0 Å². The van der Waals surface area contributed by atoms with Gasteiger partial charge in [0, 0.05) is 6.07 Å². The Morgan fingerprint density at radius 2 is 2.14 bits per heavy atom. The van der Waals surface area contributed by atoms with Crippen LogP contribution in [0.2, 0.25) is 0 Å². The molecule has 0 saturated carbocycles. The lowest BCUT2D eigenvalue weighted by Crippen LogP contribution is -2.16. The van der Waals surface area contributed by atoms with Crippen LogP contribution in [0.3, 0.4) is 0 Å². The summed E-state index contributed by atoms with van der Waals surface area (Å²) >= 11 is 0. The average Bonchev–Trinajstić information content (AvgIpc) is 2.15. The van der Waals surface area contributed by atoms with Crippen LogP contribution in [-0.4, -0.2) is 0 Å². The van der Waals surface area contributed by atoms with Gasteiger partial charge in [-0.05, 0) is 23.5 Å². The zero-order valence-electron chi connectivity index (χ0n) is 9.23. The fourth-order valence-electron chi connectivity index (χ4n) is 1.62. The molecule has 77 valence electrons. The highest BCUT2D eigenvalue weighted by Gasteiger charge is 2.19. The van der Waals surface area contributed by atoms with E-state index in [1.807, 2.05) is 6.07 Å². The van der Waals surface area contributed by atoms with Crippen LogP contribution in [0, 0.1) is 11.9 Å². The van der Waals surface area contributed by atoms with Gasteiger partial charge in [-0.25, -0.2) is 4.39 Å². The summed E-state index contributed by atoms with van der Waals surface area (Å²) in [5.74, 6) is -0.257. The Morgan fingerprint density at radius 1 is 1.43 bits per heavy atom. The van der Waals surface area contributed by atoms with Gasteiger partial charge in [-0.2, -0.15) is 0 Å². The van der Waals surface area contributed by atoms with Crippen LogP contribution in [0.4, 0.5) is 4.39 Å². The molecule has 1 radical (unpaired) electrons. The molecular formula is C13H18F. The lowest BCUT2D eigenvalue weighted by molar-refractivity contribution is 0.454. The van der Waals surface area contributed by atoms with Crippen molar-refractivity contribution in [2.75, 3.05) is 0 Å². The molecule has 0 N–H and O–H groups in total. The molecule has 0 atom stereocenters. The van der Waals surface area contributed by atoms with Gasteiger partial charge in [0.05, 0.1) is 0 Å². The van der Waals surface area contributed by atoms with Crippen molar-refractivity contribution < 1.29 is 4.39 Å². The fraction of sp³-hybridized carbons (Fsp3) is 0.538. The lowest BCUT2D eigenvalue weighted by Gasteiger charge is -2.25. The van der Waals surface area contributed by atoms with E-state index >= 15 is 0 Å². The third-order valence-electron chi connectivity index (χ3n) is 2.70. The summed E-state index contributed by atoms with van der Waals surface area (Å²) < 4.78 is 13.0. The summed E-state index contributed by atoms with van der Waals surface area (Å²) in [4.78, 5) is 0. The molecule has 1 heteroatoms. The Morgan fingerprint density at radius 3 is 2.71 bits per heavy atom. The van der Waals surface area contributed by atoms with E-state index in [1.54, 1.807) is 12.1 Å². The van der Waals surface area contributed by atoms with Crippen LogP contribution in [0.15, 0.2) is 18.2 Å². The molecule has 0 aromatic heterocycles. The second kappa shape index (κ2) is 4.59. The summed E-state index contributed by atoms with van der Waals surface area (Å²) in [7, 11) is 0. The molecule has 0 saturated heterocycles. The second-order valence-corrected chi connectivity index (χ2v) is 4.41. The van der Waals surface area contributed by atoms with E-state index in [4.69, 9.17) is 0 Å². The average molecular weight is 193 g/mol. The standard InChI is InChI=1S/C13H18F/c1-4-5-9-13(2,3)11-7-6-8-12(14)10-11/h6-7,10H,4-5,9H2,1-3H3. The van der Waals surface area contributed by atoms with Crippen LogP contribution < -0.4 is 0 Å². The van der Waals surface area contributed by atoms with Gasteiger partial charge >= 0.3 is 0 Å². The van der Waals surface area contributed by atoms with Gasteiger partial charge in [0.15, 0.2) is 0 Å². The highest BCUT2D eigenvalue weighted by atomic mass is 19.1. The minimum atomic E-state index is -0.257. The molecule has 0 aliphatic carbocycles. The number of rotatable bonds is 4. The summed E-state index contributed by atoms with van der Waals surface area (Å²) in [6, 6.07) is 7.75. The van der Waals surface area contributed by atoms with E-state index in [0.29, 0.717) is 0 Å². The smallest absolute Gasteiger partial charge is 0.131 e. The molecule has 1 rings (SSSR count). The summed E-state index contributed by atoms with van der Waals surface area (Å²) in [6.07, 6.45) is 3.48. The normalized spacial score (nSPS) is 11.7. The molecule has 14 heavy (non-hydrogen) atoms. The Labute approximate surface area is 86.2 Å². The molecule has 1 aromatic carbocycles. The summed E-state index contributed by atoms with van der Waals surface area (Å²) in [6.45, 7) is 6.50. The van der Waals surface area contributed by atoms with Gasteiger partial charge in [-0.1, -0.05) is 45.7 Å². The molecule has 0 bridgehead atoms. The molecule has 0 fully saturated rings. The predicted octanol–water partition coefficient (Wildman–Crippen LogP) is 4.09. The zero-order valence-corrected chi connectivity index (χ0v) is 9.23. The first-order valence-corrected chi connectivity index (χ1v) is 5.24. The molecule has 0 aliphatic rings. The van der Waals surface area contributed by atoms with E-state index in [2.05, 4.69) is 26.8 Å². The second-order valence-electron chi connectivity index (χ2n) is 4.41. The zero-order chi connectivity index (χ0) is 10.6. The highest BCUT2D eigenvalue weighted by Crippen LogP contribution is 2.28. The van der Waals surface area contributed by atoms with E-state index < -0.39 is 0 Å². The molecule has 1 aromatic rings. The monoisotopic (exact) mass is 193 g/mol. The van der Waals surface area contributed by atoms with Gasteiger partial charge in [0.2, 0.25) is 0 Å². The summed E-state index contributed by atoms with van der Waals surface area (Å²) in [5, 5.41) is 0. The van der Waals surface area contributed by atoms with Crippen LogP contribution in [0.5, 0.6) is 0 Å². The van der Waals surface area contributed by atoms with Crippen molar-refractivity contribution in [1.29, 1.82) is 0 Å². The quantitative estimate of drug-likeness (QED) is 0.675. The van der Waals surface area contributed by atoms with Crippen molar-refractivity contribution >= 4 is 0 Å². The van der Waals surface area contributed by atoms with Gasteiger partial charge in [-0.3, -0.25) is 0 Å². The number of halogens is 1. The fourth-order valence-corrected chi connectivity index (χ4v) is 1.62. The Hall–Kier alpha value is -0.850. The van der Waals surface area contributed by atoms with Crippen LogP contribution in [0.25, 0.3) is 0 Å². The van der Waals surface area contributed by atoms with Crippen molar-refractivity contribution in [2.24, 2.45) is 0 Å². The van der Waals surface area contributed by atoms with E-state index in [0.717, 1.165) is 12.0 Å². The van der Waals surface area contributed by atoms with Crippen molar-refractivity contribution in [1.82, 2.24) is 0 Å². The summed E-state index contributed by atoms with van der Waals surface area (Å²) in [5.41, 5.74) is 1.15. The number of benzene rings is 1. The third-order valence-corrected chi connectivity index (χ3v) is 2.70. The van der Waals surface area contributed by atoms with Crippen molar-refractivity contribution in [3.05, 3.63) is 35.6 Å². The molecule has 0 nitrogen and oxygen atoms in total. The Bertz CT molecular complexity index is 289. The minimum absolute atomic E-state index is 0.0753. The van der Waals surface area contributed by atoms with Crippen LogP contribution in [-0.2, 0) is 5.41 Å². The van der Waals surface area contributed by atoms with Gasteiger partial charge in [0.25, 0.3) is 0 Å². The van der Waals surface area contributed by atoms with Crippen molar-refractivity contribution in [2.45, 2.75) is 45.4 Å². The highest BCUT2D eigenvalue weighted by molar-refractivity contribution is 5.23. The molecule has 0 amide bonds. The van der Waals surface area contributed by atoms with Crippen molar-refractivity contribution in [3.8, 4) is 0 Å². The maximum atomic E-state index is 13.0. The predicted molar refractivity (Wildman–Crippen MR) is 57.8 cm³/mol. The first kappa shape index (κ1) is 11.2. The largest absolute Gasteiger partial charge is 0.206 e. The number of hydrogen-bond acceptors (Lipinski definition) is 0. The third kappa shape index (κ3) is 2.83. The molecule has 0 unspecified atom stereocenters. The van der Waals surface area contributed by atoms with Crippen LogP contribution >= 0.6 is 0 Å². The molecule has 0 heterocycles. The maximum Gasteiger partial charge on any atom is 0.131 e. The van der Waals surface area contributed by atoms with Gasteiger partial charge < -0.3 is 0 Å². The molecule has 0 aliphatic heterocycles. The van der Waals surface area contributed by atoms with Crippen molar-refractivity contribution in [3.63, 3.8) is 0 Å². The Kier molecular flexibility index (Phi) is 3.68. The Balaban J connectivity index is 2.80. The SMILES string of the molecule is CCCCC(C)(C)c1cc[c]c(F)c1. The van der Waals surface area contributed by atoms with Gasteiger partial charge in [0.1, 0.15) is 5.82 Å². The maximum absolute atomic E-state index is 13.0. The van der Waals surface area contributed by atoms with Crippen LogP contribution in [0.1, 0.15) is 45.6 Å². The first-order chi connectivity index (χ1) is 6.56. The molecule has 0 spiro atoms.